The molecule has 1 heterocycles. The van der Waals surface area contributed by atoms with Crippen molar-refractivity contribution in [3.8, 4) is 0 Å². The quantitative estimate of drug-likeness (QED) is 0.427. The number of hydrogen-bond donors (Lipinski definition) is 0. The Morgan fingerprint density at radius 1 is 1.07 bits per heavy atom. The lowest BCUT2D eigenvalue weighted by Gasteiger charge is -2.16. The summed E-state index contributed by atoms with van der Waals surface area (Å²) in [6.45, 7) is 7.56. The second-order valence-electron chi connectivity index (χ2n) is 8.29. The van der Waals surface area contributed by atoms with Crippen LogP contribution in [-0.4, -0.2) is 13.9 Å². The zero-order valence-electron chi connectivity index (χ0n) is 16.1. The highest BCUT2D eigenvalue weighted by atomic mass is 35.5. The van der Waals surface area contributed by atoms with E-state index in [1.165, 1.54) is 11.1 Å². The molecule has 0 N–H and O–H groups in total. The molecule has 0 bridgehead atoms. The maximum Gasteiger partial charge on any atom is 0.123 e. The molecule has 27 heavy (non-hydrogen) atoms. The van der Waals surface area contributed by atoms with Crippen LogP contribution in [0.3, 0.4) is 0 Å². The lowest BCUT2D eigenvalue weighted by atomic mass is 9.96. The van der Waals surface area contributed by atoms with Crippen molar-refractivity contribution in [1.82, 2.24) is 9.55 Å². The van der Waals surface area contributed by atoms with Gasteiger partial charge in [0.1, 0.15) is 10.2 Å². The number of imidazole rings is 1. The summed E-state index contributed by atoms with van der Waals surface area (Å²) in [6, 6.07) is 17.3. The fourth-order valence-corrected chi connectivity index (χ4v) is 4.38. The second-order valence-corrected chi connectivity index (χ2v) is 9.84. The first-order valence-electron chi connectivity index (χ1n) is 9.77. The van der Waals surface area contributed by atoms with Crippen LogP contribution < -0.4 is 0 Å². The van der Waals surface area contributed by atoms with Crippen molar-refractivity contribution in [3.63, 3.8) is 0 Å². The average Bonchev–Trinajstić information content (AvgIpc) is 3.07. The van der Waals surface area contributed by atoms with Gasteiger partial charge in [-0.05, 0) is 42.0 Å². The normalized spacial score (nSPS) is 19.6. The maximum absolute atomic E-state index is 6.31. The minimum absolute atomic E-state index is 0.212. The van der Waals surface area contributed by atoms with Gasteiger partial charge in [0.2, 0.25) is 0 Å². The molecule has 2 aromatic carbocycles. The molecular formula is C23H26Cl2N2. The Bertz CT molecular complexity index is 941. The number of benzene rings is 2. The van der Waals surface area contributed by atoms with E-state index in [0.717, 1.165) is 36.2 Å². The topological polar surface area (TPSA) is 17.8 Å². The van der Waals surface area contributed by atoms with Crippen LogP contribution in [0.1, 0.15) is 50.1 Å². The fraction of sp³-hybridized carbons (Fsp3) is 0.435. The minimum Gasteiger partial charge on any atom is -0.327 e. The average molecular weight is 401 g/mol. The molecule has 0 aliphatic heterocycles. The van der Waals surface area contributed by atoms with Gasteiger partial charge >= 0.3 is 0 Å². The summed E-state index contributed by atoms with van der Waals surface area (Å²) < 4.78 is 1.74. The number of alkyl halides is 2. The molecular weight excluding hydrogens is 375 g/mol. The molecule has 2 atom stereocenters. The largest absolute Gasteiger partial charge is 0.327 e. The van der Waals surface area contributed by atoms with Crippen LogP contribution in [0.15, 0.2) is 48.5 Å². The summed E-state index contributed by atoms with van der Waals surface area (Å²) in [4.78, 5) is 4.97. The summed E-state index contributed by atoms with van der Waals surface area (Å²) in [7, 11) is 0. The Morgan fingerprint density at radius 2 is 1.74 bits per heavy atom. The molecule has 1 aliphatic rings. The standard InChI is InChI=1S/C23H26Cl2N2/c1-15(2)12-17-8-10-18(11-9-17)16(3)22-26-20-6-4-5-7-21(20)27(22)14-19-13-23(19,24)25/h4-11,15-16,19H,12-14H2,1-3H3/t16-,19+/m0/s1. The van der Waals surface area contributed by atoms with Crippen molar-refractivity contribution >= 4 is 34.2 Å². The summed E-state index contributed by atoms with van der Waals surface area (Å²) in [5.41, 5.74) is 4.87. The predicted octanol–water partition coefficient (Wildman–Crippen LogP) is 6.58. The predicted molar refractivity (Wildman–Crippen MR) is 115 cm³/mol. The van der Waals surface area contributed by atoms with E-state index in [1.54, 1.807) is 0 Å². The first-order valence-corrected chi connectivity index (χ1v) is 10.5. The van der Waals surface area contributed by atoms with Gasteiger partial charge in [0, 0.05) is 18.4 Å². The lowest BCUT2D eigenvalue weighted by Crippen LogP contribution is -2.11. The Balaban J connectivity index is 1.67. The van der Waals surface area contributed by atoms with Gasteiger partial charge in [0.15, 0.2) is 0 Å². The molecule has 1 aromatic heterocycles. The van der Waals surface area contributed by atoms with Crippen LogP contribution in [0.4, 0.5) is 0 Å². The third-order valence-electron chi connectivity index (χ3n) is 5.55. The van der Waals surface area contributed by atoms with Crippen LogP contribution in [0, 0.1) is 11.8 Å². The summed E-state index contributed by atoms with van der Waals surface area (Å²) >= 11 is 12.6. The monoisotopic (exact) mass is 400 g/mol. The van der Waals surface area contributed by atoms with Crippen LogP contribution in [0.25, 0.3) is 11.0 Å². The Kier molecular flexibility index (Phi) is 4.98. The highest BCUT2D eigenvalue weighted by molar-refractivity contribution is 6.50. The van der Waals surface area contributed by atoms with E-state index in [4.69, 9.17) is 28.2 Å². The van der Waals surface area contributed by atoms with Crippen molar-refractivity contribution in [2.45, 2.75) is 50.4 Å². The highest BCUT2D eigenvalue weighted by Gasteiger charge is 2.51. The number of hydrogen-bond acceptors (Lipinski definition) is 1. The van der Waals surface area contributed by atoms with Gasteiger partial charge in [-0.1, -0.05) is 57.2 Å². The number of aromatic nitrogens is 2. The van der Waals surface area contributed by atoms with Crippen LogP contribution in [-0.2, 0) is 13.0 Å². The van der Waals surface area contributed by atoms with Crippen LogP contribution >= 0.6 is 23.2 Å². The fourth-order valence-electron chi connectivity index (χ4n) is 3.87. The molecule has 142 valence electrons. The molecule has 1 saturated carbocycles. The SMILES string of the molecule is CC(C)Cc1ccc([C@H](C)c2nc3ccccc3n2C[C@H]2CC2(Cl)Cl)cc1. The number of halogens is 2. The Hall–Kier alpha value is -1.51. The molecule has 4 rings (SSSR count). The molecule has 4 heteroatoms. The summed E-state index contributed by atoms with van der Waals surface area (Å²) in [6.07, 6.45) is 1.96. The van der Waals surface area contributed by atoms with E-state index >= 15 is 0 Å². The first kappa shape index (κ1) is 18.8. The molecule has 0 amide bonds. The van der Waals surface area contributed by atoms with E-state index in [1.807, 2.05) is 6.07 Å². The van der Waals surface area contributed by atoms with Gasteiger partial charge in [-0.2, -0.15) is 0 Å². The van der Waals surface area contributed by atoms with Crippen molar-refractivity contribution in [3.05, 3.63) is 65.5 Å². The third kappa shape index (κ3) is 3.88. The lowest BCUT2D eigenvalue weighted by molar-refractivity contribution is 0.593. The molecule has 1 fully saturated rings. The molecule has 0 radical (unpaired) electrons. The molecule has 3 aromatic rings. The Morgan fingerprint density at radius 3 is 2.37 bits per heavy atom. The minimum atomic E-state index is -0.579. The zero-order chi connectivity index (χ0) is 19.2. The number of nitrogens with zero attached hydrogens (tertiary/aromatic N) is 2. The molecule has 0 unspecified atom stereocenters. The highest BCUT2D eigenvalue weighted by Crippen LogP contribution is 2.54. The van der Waals surface area contributed by atoms with E-state index in [2.05, 4.69) is 67.8 Å². The Labute approximate surface area is 171 Å². The number of para-hydroxylation sites is 2. The van der Waals surface area contributed by atoms with Gasteiger partial charge in [-0.3, -0.25) is 0 Å². The maximum atomic E-state index is 6.31. The first-order chi connectivity index (χ1) is 12.8. The van der Waals surface area contributed by atoms with Gasteiger partial charge in [0.05, 0.1) is 11.0 Å². The van der Waals surface area contributed by atoms with Gasteiger partial charge in [0.25, 0.3) is 0 Å². The number of rotatable bonds is 6. The van der Waals surface area contributed by atoms with E-state index < -0.39 is 4.33 Å². The second kappa shape index (κ2) is 7.14. The van der Waals surface area contributed by atoms with Gasteiger partial charge in [-0.25, -0.2) is 4.98 Å². The van der Waals surface area contributed by atoms with E-state index in [-0.39, 0.29) is 11.8 Å². The van der Waals surface area contributed by atoms with Crippen LogP contribution in [0.2, 0.25) is 0 Å². The number of fused-ring (bicyclic) bond motifs is 1. The van der Waals surface area contributed by atoms with Crippen molar-refractivity contribution < 1.29 is 0 Å². The van der Waals surface area contributed by atoms with Gasteiger partial charge < -0.3 is 4.57 Å². The van der Waals surface area contributed by atoms with Crippen LogP contribution in [0.5, 0.6) is 0 Å². The summed E-state index contributed by atoms with van der Waals surface area (Å²) in [5.74, 6) is 2.26. The zero-order valence-corrected chi connectivity index (χ0v) is 17.6. The molecule has 1 aliphatic carbocycles. The third-order valence-corrected chi connectivity index (χ3v) is 6.48. The summed E-state index contributed by atoms with van der Waals surface area (Å²) in [5, 5.41) is 0. The molecule has 0 spiro atoms. The smallest absolute Gasteiger partial charge is 0.123 e. The van der Waals surface area contributed by atoms with Crippen molar-refractivity contribution in [1.29, 1.82) is 0 Å². The van der Waals surface area contributed by atoms with Crippen molar-refractivity contribution in [2.75, 3.05) is 0 Å². The van der Waals surface area contributed by atoms with Gasteiger partial charge in [-0.15, -0.1) is 23.2 Å². The van der Waals surface area contributed by atoms with Crippen molar-refractivity contribution in [2.24, 2.45) is 11.8 Å². The van der Waals surface area contributed by atoms with E-state index in [9.17, 15) is 0 Å². The molecule has 2 nitrogen and oxygen atoms in total. The van der Waals surface area contributed by atoms with E-state index in [0.29, 0.717) is 5.92 Å². The molecule has 0 saturated heterocycles.